The molecule has 1 amide bonds. The Kier molecular flexibility index (Phi) is 3.19. The molecule has 5 heteroatoms. The van der Waals surface area contributed by atoms with E-state index in [0.29, 0.717) is 12.1 Å². The maximum Gasteiger partial charge on any atom is 0.307 e. The third-order valence-corrected chi connectivity index (χ3v) is 3.48. The molecule has 1 aromatic rings. The Hall–Kier alpha value is -1.36. The van der Waals surface area contributed by atoms with E-state index in [4.69, 9.17) is 5.11 Å². The number of rotatable bonds is 3. The van der Waals surface area contributed by atoms with E-state index in [0.717, 1.165) is 10.0 Å². The van der Waals surface area contributed by atoms with E-state index in [1.54, 1.807) is 6.07 Å². The van der Waals surface area contributed by atoms with Gasteiger partial charge in [0.1, 0.15) is 0 Å². The first kappa shape index (κ1) is 12.1. The van der Waals surface area contributed by atoms with Crippen LogP contribution in [-0.2, 0) is 9.59 Å². The van der Waals surface area contributed by atoms with E-state index in [2.05, 4.69) is 21.2 Å². The monoisotopic (exact) mass is 297 g/mol. The summed E-state index contributed by atoms with van der Waals surface area (Å²) in [6.07, 6.45) is 0.435. The number of carboxylic acid groups (broad SMARTS) is 1. The van der Waals surface area contributed by atoms with Crippen LogP contribution in [0.5, 0.6) is 0 Å². The van der Waals surface area contributed by atoms with Gasteiger partial charge < -0.3 is 10.4 Å². The molecule has 2 rings (SSSR count). The first-order chi connectivity index (χ1) is 7.99. The second kappa shape index (κ2) is 4.49. The number of amides is 1. The lowest BCUT2D eigenvalue weighted by atomic mass is 10.2. The van der Waals surface area contributed by atoms with Gasteiger partial charge in [-0.2, -0.15) is 0 Å². The number of aliphatic carboxylic acids is 1. The van der Waals surface area contributed by atoms with Crippen molar-refractivity contribution in [3.63, 3.8) is 0 Å². The molecule has 1 aromatic carbocycles. The van der Waals surface area contributed by atoms with Crippen molar-refractivity contribution < 1.29 is 14.7 Å². The molecule has 2 N–H and O–H groups in total. The zero-order chi connectivity index (χ0) is 12.6. The highest BCUT2D eigenvalue weighted by atomic mass is 79.9. The molecule has 1 aliphatic rings. The summed E-state index contributed by atoms with van der Waals surface area (Å²) in [6, 6.07) is 5.59. The number of anilines is 1. The largest absolute Gasteiger partial charge is 0.481 e. The summed E-state index contributed by atoms with van der Waals surface area (Å²) < 4.78 is 0.804. The zero-order valence-electron chi connectivity index (χ0n) is 9.24. The summed E-state index contributed by atoms with van der Waals surface area (Å²) in [5, 5.41) is 11.5. The van der Waals surface area contributed by atoms with Crippen LogP contribution in [0.3, 0.4) is 0 Å². The van der Waals surface area contributed by atoms with Crippen LogP contribution in [0.15, 0.2) is 22.7 Å². The average Bonchev–Trinajstić information content (AvgIpc) is 3.01. The van der Waals surface area contributed by atoms with Crippen LogP contribution in [0, 0.1) is 18.8 Å². The molecule has 2 atom stereocenters. The van der Waals surface area contributed by atoms with Crippen LogP contribution in [0.25, 0.3) is 0 Å². The molecule has 0 radical (unpaired) electrons. The van der Waals surface area contributed by atoms with Crippen molar-refractivity contribution >= 4 is 33.5 Å². The number of carbonyl (C=O) groups excluding carboxylic acids is 1. The minimum Gasteiger partial charge on any atom is -0.481 e. The minimum absolute atomic E-state index is 0.220. The maximum absolute atomic E-state index is 11.7. The lowest BCUT2D eigenvalue weighted by molar-refractivity contribution is -0.139. The summed E-state index contributed by atoms with van der Waals surface area (Å²) in [5.74, 6) is -2.02. The first-order valence-corrected chi connectivity index (χ1v) is 6.08. The van der Waals surface area contributed by atoms with E-state index in [1.165, 1.54) is 0 Å². The van der Waals surface area contributed by atoms with Gasteiger partial charge in [-0.1, -0.05) is 6.07 Å². The van der Waals surface area contributed by atoms with E-state index in [1.807, 2.05) is 19.1 Å². The SMILES string of the molecule is Cc1ccc(NC(=O)[C@@H]2C[C@@H]2C(=O)O)c(Br)c1. The highest BCUT2D eigenvalue weighted by molar-refractivity contribution is 9.10. The number of hydrogen-bond donors (Lipinski definition) is 2. The third-order valence-electron chi connectivity index (χ3n) is 2.83. The molecule has 0 spiro atoms. The molecular formula is C12H12BrNO3. The summed E-state index contributed by atoms with van der Waals surface area (Å²) in [5.41, 5.74) is 1.77. The van der Waals surface area contributed by atoms with Crippen LogP contribution in [-0.4, -0.2) is 17.0 Å². The Balaban J connectivity index is 2.02. The highest BCUT2D eigenvalue weighted by Gasteiger charge is 2.48. The van der Waals surface area contributed by atoms with Gasteiger partial charge in [-0.15, -0.1) is 0 Å². The fraction of sp³-hybridized carbons (Fsp3) is 0.333. The van der Waals surface area contributed by atoms with E-state index in [-0.39, 0.29) is 11.8 Å². The van der Waals surface area contributed by atoms with Crippen molar-refractivity contribution in [2.45, 2.75) is 13.3 Å². The molecule has 4 nitrogen and oxygen atoms in total. The molecule has 1 aliphatic carbocycles. The number of halogens is 1. The van der Waals surface area contributed by atoms with Gasteiger partial charge in [0.25, 0.3) is 0 Å². The normalized spacial score (nSPS) is 22.0. The molecule has 0 unspecified atom stereocenters. The number of carbonyl (C=O) groups is 2. The number of carboxylic acids is 1. The summed E-state index contributed by atoms with van der Waals surface area (Å²) in [4.78, 5) is 22.4. The Bertz CT molecular complexity index is 487. The molecule has 0 aliphatic heterocycles. The molecule has 1 saturated carbocycles. The fourth-order valence-corrected chi connectivity index (χ4v) is 2.30. The zero-order valence-corrected chi connectivity index (χ0v) is 10.8. The van der Waals surface area contributed by atoms with Crippen LogP contribution < -0.4 is 5.32 Å². The predicted octanol–water partition coefficient (Wildman–Crippen LogP) is 2.42. The van der Waals surface area contributed by atoms with Crippen LogP contribution in [0.4, 0.5) is 5.69 Å². The molecular weight excluding hydrogens is 286 g/mol. The molecule has 0 aromatic heterocycles. The van der Waals surface area contributed by atoms with Gasteiger partial charge in [-0.25, -0.2) is 0 Å². The topological polar surface area (TPSA) is 66.4 Å². The van der Waals surface area contributed by atoms with Gasteiger partial charge in [-0.3, -0.25) is 9.59 Å². The standard InChI is InChI=1S/C12H12BrNO3/c1-6-2-3-10(9(13)4-6)14-11(15)7-5-8(7)12(16)17/h2-4,7-8H,5H2,1H3,(H,14,15)(H,16,17)/t7-,8+/m1/s1. The van der Waals surface area contributed by atoms with Crippen molar-refractivity contribution in [2.75, 3.05) is 5.32 Å². The van der Waals surface area contributed by atoms with Gasteiger partial charge in [0, 0.05) is 4.47 Å². The second-order valence-electron chi connectivity index (χ2n) is 4.26. The van der Waals surface area contributed by atoms with Crippen molar-refractivity contribution in [3.8, 4) is 0 Å². The van der Waals surface area contributed by atoms with Crippen molar-refractivity contribution in [1.29, 1.82) is 0 Å². The Morgan fingerprint density at radius 1 is 1.41 bits per heavy atom. The summed E-state index contributed by atoms with van der Waals surface area (Å²) in [7, 11) is 0. The fourth-order valence-electron chi connectivity index (χ4n) is 1.70. The maximum atomic E-state index is 11.7. The molecule has 0 bridgehead atoms. The number of benzene rings is 1. The second-order valence-corrected chi connectivity index (χ2v) is 5.11. The quantitative estimate of drug-likeness (QED) is 0.900. The Labute approximate surface area is 107 Å². The Morgan fingerprint density at radius 3 is 2.65 bits per heavy atom. The smallest absolute Gasteiger partial charge is 0.307 e. The lowest BCUT2D eigenvalue weighted by Gasteiger charge is -2.07. The third kappa shape index (κ3) is 2.66. The van der Waals surface area contributed by atoms with Gasteiger partial charge in [-0.05, 0) is 47.0 Å². The molecule has 17 heavy (non-hydrogen) atoms. The van der Waals surface area contributed by atoms with E-state index < -0.39 is 11.9 Å². The highest BCUT2D eigenvalue weighted by Crippen LogP contribution is 2.39. The summed E-state index contributed by atoms with van der Waals surface area (Å²) in [6.45, 7) is 1.96. The van der Waals surface area contributed by atoms with Gasteiger partial charge in [0.05, 0.1) is 17.5 Å². The summed E-state index contributed by atoms with van der Waals surface area (Å²) >= 11 is 3.36. The molecule has 1 fully saturated rings. The van der Waals surface area contributed by atoms with E-state index >= 15 is 0 Å². The number of aryl methyl sites for hydroxylation is 1. The van der Waals surface area contributed by atoms with Crippen molar-refractivity contribution in [3.05, 3.63) is 28.2 Å². The first-order valence-electron chi connectivity index (χ1n) is 5.29. The van der Waals surface area contributed by atoms with Crippen molar-refractivity contribution in [1.82, 2.24) is 0 Å². The predicted molar refractivity (Wildman–Crippen MR) is 66.7 cm³/mol. The Morgan fingerprint density at radius 2 is 2.12 bits per heavy atom. The van der Waals surface area contributed by atoms with Gasteiger partial charge >= 0.3 is 5.97 Å². The average molecular weight is 298 g/mol. The van der Waals surface area contributed by atoms with Gasteiger partial charge in [0.15, 0.2) is 0 Å². The van der Waals surface area contributed by atoms with Crippen LogP contribution in [0.2, 0.25) is 0 Å². The number of hydrogen-bond acceptors (Lipinski definition) is 2. The van der Waals surface area contributed by atoms with Gasteiger partial charge in [0.2, 0.25) is 5.91 Å². The minimum atomic E-state index is -0.895. The number of nitrogens with one attached hydrogen (secondary N) is 1. The van der Waals surface area contributed by atoms with Crippen LogP contribution >= 0.6 is 15.9 Å². The molecule has 90 valence electrons. The molecule has 0 heterocycles. The lowest BCUT2D eigenvalue weighted by Crippen LogP contribution is -2.17. The van der Waals surface area contributed by atoms with Crippen LogP contribution in [0.1, 0.15) is 12.0 Å². The van der Waals surface area contributed by atoms with Crippen molar-refractivity contribution in [2.24, 2.45) is 11.8 Å². The molecule has 0 saturated heterocycles. The van der Waals surface area contributed by atoms with E-state index in [9.17, 15) is 9.59 Å².